The predicted molar refractivity (Wildman–Crippen MR) is 116 cm³/mol. The van der Waals surface area contributed by atoms with Gasteiger partial charge in [0.1, 0.15) is 11.4 Å². The molecule has 4 aromatic rings. The summed E-state index contributed by atoms with van der Waals surface area (Å²) in [4.78, 5) is 16.4. The number of halogens is 1. The molecule has 0 aliphatic carbocycles. The van der Waals surface area contributed by atoms with E-state index in [-0.39, 0.29) is 11.4 Å². The highest BCUT2D eigenvalue weighted by Gasteiger charge is 2.22. The summed E-state index contributed by atoms with van der Waals surface area (Å²) in [5.41, 5.74) is 1.86. The van der Waals surface area contributed by atoms with Crippen molar-refractivity contribution in [1.82, 2.24) is 0 Å². The maximum Gasteiger partial charge on any atom is 0.338 e. The fraction of sp³-hybridized carbons (Fsp3) is 0.167. The molecule has 0 bridgehead atoms. The summed E-state index contributed by atoms with van der Waals surface area (Å²) >= 11 is 0. The number of fused-ring (bicyclic) bond motifs is 3. The van der Waals surface area contributed by atoms with Gasteiger partial charge in [-0.3, -0.25) is 0 Å². The second-order valence-electron chi connectivity index (χ2n) is 7.37. The SMILES string of the molecule is N#Cc1ccc(N2CCN(c3cc(=O)oc4c3ccc3ccccc34)CC2)c(F)c1. The molecule has 0 spiro atoms. The standard InChI is InChI=1S/C24H18FN3O2/c25-20-13-16(15-26)5-8-21(20)27-9-11-28(12-10-27)22-14-23(29)30-24-18-4-2-1-3-17(18)6-7-19(22)24/h1-8,13-14H,9-12H2. The number of rotatable bonds is 2. The van der Waals surface area contributed by atoms with E-state index in [0.29, 0.717) is 43.0 Å². The summed E-state index contributed by atoms with van der Waals surface area (Å²) in [7, 11) is 0. The highest BCUT2D eigenvalue weighted by atomic mass is 19.1. The largest absolute Gasteiger partial charge is 0.422 e. The smallest absolute Gasteiger partial charge is 0.338 e. The zero-order chi connectivity index (χ0) is 20.7. The van der Waals surface area contributed by atoms with E-state index >= 15 is 0 Å². The van der Waals surface area contributed by atoms with Gasteiger partial charge in [0, 0.05) is 43.0 Å². The fourth-order valence-corrected chi connectivity index (χ4v) is 4.16. The summed E-state index contributed by atoms with van der Waals surface area (Å²) in [5, 5.41) is 11.8. The van der Waals surface area contributed by atoms with Crippen molar-refractivity contribution in [1.29, 1.82) is 5.26 Å². The highest BCUT2D eigenvalue weighted by molar-refractivity contribution is 6.08. The van der Waals surface area contributed by atoms with Crippen LogP contribution in [0.25, 0.3) is 21.7 Å². The molecule has 0 amide bonds. The molecule has 1 aliphatic heterocycles. The minimum absolute atomic E-state index is 0.310. The van der Waals surface area contributed by atoms with E-state index in [1.165, 1.54) is 12.1 Å². The van der Waals surface area contributed by atoms with Gasteiger partial charge in [-0.15, -0.1) is 0 Å². The van der Waals surface area contributed by atoms with Crippen molar-refractivity contribution >= 4 is 33.1 Å². The third kappa shape index (κ3) is 3.05. The van der Waals surface area contributed by atoms with Crippen LogP contribution in [0.3, 0.4) is 0 Å². The number of hydrogen-bond donors (Lipinski definition) is 0. The van der Waals surface area contributed by atoms with E-state index in [1.807, 2.05) is 47.4 Å². The molecule has 148 valence electrons. The van der Waals surface area contributed by atoms with Gasteiger partial charge in [0.15, 0.2) is 0 Å². The molecule has 1 fully saturated rings. The zero-order valence-corrected chi connectivity index (χ0v) is 16.1. The third-order valence-corrected chi connectivity index (χ3v) is 5.65. The van der Waals surface area contributed by atoms with E-state index in [4.69, 9.17) is 9.68 Å². The second kappa shape index (κ2) is 7.20. The topological polar surface area (TPSA) is 60.5 Å². The lowest BCUT2D eigenvalue weighted by molar-refractivity contribution is 0.561. The van der Waals surface area contributed by atoms with Crippen molar-refractivity contribution in [2.75, 3.05) is 36.0 Å². The lowest BCUT2D eigenvalue weighted by Crippen LogP contribution is -2.47. The van der Waals surface area contributed by atoms with E-state index < -0.39 is 0 Å². The number of nitriles is 1. The lowest BCUT2D eigenvalue weighted by atomic mass is 10.1. The van der Waals surface area contributed by atoms with Crippen molar-refractivity contribution < 1.29 is 8.81 Å². The molecule has 1 saturated heterocycles. The Labute approximate surface area is 172 Å². The minimum atomic E-state index is -0.389. The van der Waals surface area contributed by atoms with Crippen LogP contribution >= 0.6 is 0 Å². The molecule has 3 aromatic carbocycles. The van der Waals surface area contributed by atoms with Crippen LogP contribution in [-0.4, -0.2) is 26.2 Å². The van der Waals surface area contributed by atoms with Crippen molar-refractivity contribution in [2.45, 2.75) is 0 Å². The van der Waals surface area contributed by atoms with Crippen LogP contribution in [-0.2, 0) is 0 Å². The quantitative estimate of drug-likeness (QED) is 0.372. The molecule has 30 heavy (non-hydrogen) atoms. The number of nitrogens with zero attached hydrogens (tertiary/aromatic N) is 3. The van der Waals surface area contributed by atoms with E-state index in [2.05, 4.69) is 4.90 Å². The Bertz CT molecular complexity index is 1360. The second-order valence-corrected chi connectivity index (χ2v) is 7.37. The van der Waals surface area contributed by atoms with Crippen LogP contribution in [0.5, 0.6) is 0 Å². The summed E-state index contributed by atoms with van der Waals surface area (Å²) in [5.74, 6) is -0.389. The Kier molecular flexibility index (Phi) is 4.36. The van der Waals surface area contributed by atoms with Crippen LogP contribution in [0.4, 0.5) is 15.8 Å². The molecule has 1 aromatic heterocycles. The Morgan fingerprint density at radius 3 is 2.33 bits per heavy atom. The van der Waals surface area contributed by atoms with Gasteiger partial charge in [0.05, 0.1) is 23.0 Å². The molecule has 5 rings (SSSR count). The normalized spacial score (nSPS) is 14.3. The van der Waals surface area contributed by atoms with Gasteiger partial charge in [-0.25, -0.2) is 9.18 Å². The molecule has 6 heteroatoms. The average Bonchev–Trinajstić information content (AvgIpc) is 2.78. The van der Waals surface area contributed by atoms with Gasteiger partial charge >= 0.3 is 5.63 Å². The fourth-order valence-electron chi connectivity index (χ4n) is 4.16. The number of benzene rings is 3. The molecule has 0 unspecified atom stereocenters. The predicted octanol–water partition coefficient (Wildman–Crippen LogP) is 4.28. The van der Waals surface area contributed by atoms with Crippen molar-refractivity contribution in [2.24, 2.45) is 0 Å². The van der Waals surface area contributed by atoms with Crippen LogP contribution < -0.4 is 15.4 Å². The highest BCUT2D eigenvalue weighted by Crippen LogP contribution is 2.32. The molecule has 5 nitrogen and oxygen atoms in total. The first-order chi connectivity index (χ1) is 14.6. The van der Waals surface area contributed by atoms with Gasteiger partial charge in [-0.05, 0) is 29.7 Å². The van der Waals surface area contributed by atoms with Crippen molar-refractivity contribution in [3.8, 4) is 6.07 Å². The summed E-state index contributed by atoms with van der Waals surface area (Å²) in [6.07, 6.45) is 0. The maximum atomic E-state index is 14.4. The molecule has 0 saturated carbocycles. The zero-order valence-electron chi connectivity index (χ0n) is 16.1. The first kappa shape index (κ1) is 18.2. The van der Waals surface area contributed by atoms with E-state index in [9.17, 15) is 9.18 Å². The Morgan fingerprint density at radius 1 is 0.867 bits per heavy atom. The summed E-state index contributed by atoms with van der Waals surface area (Å²) in [6.45, 7) is 2.51. The molecular weight excluding hydrogens is 381 g/mol. The third-order valence-electron chi connectivity index (χ3n) is 5.65. The van der Waals surface area contributed by atoms with E-state index in [1.54, 1.807) is 12.1 Å². The first-order valence-electron chi connectivity index (χ1n) is 9.79. The maximum absolute atomic E-state index is 14.4. The molecular formula is C24H18FN3O2. The molecule has 0 radical (unpaired) electrons. The van der Waals surface area contributed by atoms with Crippen LogP contribution in [0.1, 0.15) is 5.56 Å². The first-order valence-corrected chi connectivity index (χ1v) is 9.79. The molecule has 0 atom stereocenters. The summed E-state index contributed by atoms with van der Waals surface area (Å²) < 4.78 is 20.0. The Morgan fingerprint density at radius 2 is 1.60 bits per heavy atom. The molecule has 0 N–H and O–H groups in total. The van der Waals surface area contributed by atoms with Gasteiger partial charge in [0.25, 0.3) is 0 Å². The van der Waals surface area contributed by atoms with Gasteiger partial charge in [-0.2, -0.15) is 5.26 Å². The monoisotopic (exact) mass is 399 g/mol. The number of anilines is 2. The number of hydrogen-bond acceptors (Lipinski definition) is 5. The Balaban J connectivity index is 1.47. The van der Waals surface area contributed by atoms with Crippen molar-refractivity contribution in [3.05, 3.63) is 82.5 Å². The Hall–Kier alpha value is -3.85. The lowest BCUT2D eigenvalue weighted by Gasteiger charge is -2.37. The van der Waals surface area contributed by atoms with Crippen molar-refractivity contribution in [3.63, 3.8) is 0 Å². The minimum Gasteiger partial charge on any atom is -0.422 e. The van der Waals surface area contributed by atoms with E-state index in [0.717, 1.165) is 21.8 Å². The van der Waals surface area contributed by atoms with Crippen LogP contribution in [0, 0.1) is 17.1 Å². The van der Waals surface area contributed by atoms with Gasteiger partial charge in [-0.1, -0.05) is 30.3 Å². The van der Waals surface area contributed by atoms with Gasteiger partial charge < -0.3 is 14.2 Å². The van der Waals surface area contributed by atoms with Gasteiger partial charge in [0.2, 0.25) is 0 Å². The van der Waals surface area contributed by atoms with Crippen LogP contribution in [0.2, 0.25) is 0 Å². The van der Waals surface area contributed by atoms with Crippen LogP contribution in [0.15, 0.2) is 69.9 Å². The number of piperazine rings is 1. The molecule has 2 heterocycles. The molecule has 1 aliphatic rings. The summed E-state index contributed by atoms with van der Waals surface area (Å²) in [6, 6.07) is 19.9. The average molecular weight is 399 g/mol.